The maximum Gasteiger partial charge on any atom is 0.164 e. The number of benzene rings is 1. The molecule has 0 aromatic heterocycles. The van der Waals surface area contributed by atoms with E-state index in [1.165, 1.54) is 0 Å². The molecule has 0 radical (unpaired) electrons. The summed E-state index contributed by atoms with van der Waals surface area (Å²) < 4.78 is 10.7. The largest absolute Gasteiger partial charge is 0.310 e. The summed E-state index contributed by atoms with van der Waals surface area (Å²) >= 11 is 3.03. The van der Waals surface area contributed by atoms with E-state index in [4.69, 9.17) is 0 Å². The fourth-order valence-corrected chi connectivity index (χ4v) is 1.82. The second-order valence-electron chi connectivity index (χ2n) is 1.64. The summed E-state index contributed by atoms with van der Waals surface area (Å²) in [7, 11) is 0. The Bertz CT molecular complexity index is 210. The van der Waals surface area contributed by atoms with Gasteiger partial charge in [0.25, 0.3) is 0 Å². The molecule has 1 nitrogen and oxygen atoms in total. The Morgan fingerprint density at radius 1 is 1.22 bits per heavy atom. The summed E-state index contributed by atoms with van der Waals surface area (Å²) in [5.74, 6) is 0. The molecule has 1 rings (SSSR count). The lowest BCUT2D eigenvalue weighted by atomic mass is 10.4. The van der Waals surface area contributed by atoms with Gasteiger partial charge in [-0.15, -0.1) is 0 Å². The van der Waals surface area contributed by atoms with Gasteiger partial charge in [0, 0.05) is 5.30 Å². The van der Waals surface area contributed by atoms with Gasteiger partial charge in [0.2, 0.25) is 0 Å². The highest BCUT2D eigenvalue weighted by Crippen LogP contribution is 2.27. The average molecular weight is 205 g/mol. The van der Waals surface area contributed by atoms with E-state index in [9.17, 15) is 4.57 Å². The quantitative estimate of drug-likeness (QED) is 0.642. The van der Waals surface area contributed by atoms with Crippen molar-refractivity contribution in [1.82, 2.24) is 0 Å². The lowest BCUT2D eigenvalue weighted by Crippen LogP contribution is -1.88. The molecule has 0 N–H and O–H groups in total. The Morgan fingerprint density at radius 2 is 1.78 bits per heavy atom. The van der Waals surface area contributed by atoms with Crippen LogP contribution in [0.2, 0.25) is 0 Å². The molecular formula is C6H6BrOP. The molecular weight excluding hydrogens is 199 g/mol. The summed E-state index contributed by atoms with van der Waals surface area (Å²) in [6.45, 7) is -1.65. The van der Waals surface area contributed by atoms with Crippen molar-refractivity contribution in [2.75, 3.05) is 0 Å². The smallest absolute Gasteiger partial charge is 0.164 e. The lowest BCUT2D eigenvalue weighted by molar-refractivity contribution is 0.601. The van der Waals surface area contributed by atoms with Gasteiger partial charge in [-0.2, -0.15) is 0 Å². The summed E-state index contributed by atoms with van der Waals surface area (Å²) in [5, 5.41) is 0.877. The summed E-state index contributed by atoms with van der Waals surface area (Å²) in [4.78, 5) is 0. The Morgan fingerprint density at radius 3 is 2.11 bits per heavy atom. The van der Waals surface area contributed by atoms with Gasteiger partial charge in [0.15, 0.2) is 6.50 Å². The second-order valence-corrected chi connectivity index (χ2v) is 4.93. The van der Waals surface area contributed by atoms with Crippen LogP contribution in [0, 0.1) is 0 Å². The Labute approximate surface area is 62.6 Å². The topological polar surface area (TPSA) is 17.1 Å². The minimum absolute atomic E-state index is 0.877. The van der Waals surface area contributed by atoms with E-state index >= 15 is 0 Å². The first-order valence-corrected chi connectivity index (χ1v) is 6.22. The minimum atomic E-state index is -1.65. The molecule has 0 saturated carbocycles. The summed E-state index contributed by atoms with van der Waals surface area (Å²) in [6, 6.07) is 9.34. The third-order valence-corrected chi connectivity index (χ3v) is 3.16. The predicted molar refractivity (Wildman–Crippen MR) is 44.0 cm³/mol. The fraction of sp³-hybridized carbons (Fsp3) is 0. The van der Waals surface area contributed by atoms with E-state index < -0.39 is 6.50 Å². The van der Waals surface area contributed by atoms with Gasteiger partial charge in [-0.05, 0) is 15.5 Å². The maximum atomic E-state index is 10.7. The molecule has 3 heteroatoms. The number of halogens is 1. The van der Waals surface area contributed by atoms with Crippen molar-refractivity contribution in [2.45, 2.75) is 0 Å². The molecule has 0 aliphatic rings. The molecule has 48 valence electrons. The zero-order chi connectivity index (χ0) is 6.69. The molecule has 0 bridgehead atoms. The van der Waals surface area contributed by atoms with Crippen molar-refractivity contribution >= 4 is 27.3 Å². The highest BCUT2D eigenvalue weighted by Gasteiger charge is 1.92. The van der Waals surface area contributed by atoms with Crippen LogP contribution in [0.3, 0.4) is 0 Å². The molecule has 0 heterocycles. The average Bonchev–Trinajstić information content (AvgIpc) is 1.90. The molecule has 0 saturated heterocycles. The third kappa shape index (κ3) is 1.96. The standard InChI is InChI=1S/C6H6BrOP/c7-9(8)6-4-2-1-3-5-6/h1-5,9H. The molecule has 1 aromatic rings. The van der Waals surface area contributed by atoms with Crippen LogP contribution in [0.1, 0.15) is 0 Å². The molecule has 0 spiro atoms. The lowest BCUT2D eigenvalue weighted by Gasteiger charge is -1.89. The Balaban J connectivity index is 2.98. The van der Waals surface area contributed by atoms with Gasteiger partial charge in [0.05, 0.1) is 0 Å². The van der Waals surface area contributed by atoms with Crippen LogP contribution in [0.25, 0.3) is 0 Å². The van der Waals surface area contributed by atoms with Crippen molar-refractivity contribution in [3.8, 4) is 0 Å². The number of hydrogen-bond donors (Lipinski definition) is 0. The molecule has 0 amide bonds. The van der Waals surface area contributed by atoms with Crippen molar-refractivity contribution in [2.24, 2.45) is 0 Å². The van der Waals surface area contributed by atoms with Crippen LogP contribution >= 0.6 is 22.0 Å². The summed E-state index contributed by atoms with van der Waals surface area (Å²) in [6.07, 6.45) is 0. The SMILES string of the molecule is O=[PH](Br)c1ccccc1. The zero-order valence-electron chi connectivity index (χ0n) is 4.67. The third-order valence-electron chi connectivity index (χ3n) is 1.00. The number of rotatable bonds is 1. The molecule has 9 heavy (non-hydrogen) atoms. The van der Waals surface area contributed by atoms with E-state index in [-0.39, 0.29) is 0 Å². The van der Waals surface area contributed by atoms with Crippen LogP contribution in [0.15, 0.2) is 30.3 Å². The highest BCUT2D eigenvalue weighted by atomic mass is 79.9. The van der Waals surface area contributed by atoms with E-state index in [2.05, 4.69) is 15.5 Å². The molecule has 0 fully saturated rings. The summed E-state index contributed by atoms with van der Waals surface area (Å²) in [5.41, 5.74) is 0. The predicted octanol–water partition coefficient (Wildman–Crippen LogP) is 2.18. The molecule has 0 aliphatic heterocycles. The van der Waals surface area contributed by atoms with Crippen molar-refractivity contribution in [3.63, 3.8) is 0 Å². The van der Waals surface area contributed by atoms with Crippen molar-refractivity contribution in [1.29, 1.82) is 0 Å². The second kappa shape index (κ2) is 3.19. The molecule has 0 aliphatic carbocycles. The van der Waals surface area contributed by atoms with Crippen molar-refractivity contribution < 1.29 is 4.57 Å². The van der Waals surface area contributed by atoms with E-state index in [0.29, 0.717) is 0 Å². The van der Waals surface area contributed by atoms with Gasteiger partial charge in [-0.1, -0.05) is 30.3 Å². The van der Waals surface area contributed by atoms with Crippen LogP contribution in [-0.4, -0.2) is 0 Å². The van der Waals surface area contributed by atoms with Crippen LogP contribution in [0.4, 0.5) is 0 Å². The molecule has 1 atom stereocenters. The Hall–Kier alpha value is -0.0700. The van der Waals surface area contributed by atoms with Crippen LogP contribution in [-0.2, 0) is 4.57 Å². The van der Waals surface area contributed by atoms with Crippen molar-refractivity contribution in [3.05, 3.63) is 30.3 Å². The van der Waals surface area contributed by atoms with Crippen LogP contribution in [0.5, 0.6) is 0 Å². The normalized spacial score (nSPS) is 13.0. The monoisotopic (exact) mass is 204 g/mol. The molecule has 1 aromatic carbocycles. The minimum Gasteiger partial charge on any atom is -0.310 e. The molecule has 1 unspecified atom stereocenters. The van der Waals surface area contributed by atoms with Gasteiger partial charge in [0.1, 0.15) is 0 Å². The van der Waals surface area contributed by atoms with Gasteiger partial charge in [-0.25, -0.2) is 0 Å². The van der Waals surface area contributed by atoms with E-state index in [1.807, 2.05) is 30.3 Å². The van der Waals surface area contributed by atoms with E-state index in [0.717, 1.165) is 5.30 Å². The first kappa shape index (κ1) is 7.04. The fourth-order valence-electron chi connectivity index (χ4n) is 0.569. The first-order valence-electron chi connectivity index (χ1n) is 2.55. The Kier molecular flexibility index (Phi) is 2.49. The first-order chi connectivity index (χ1) is 4.30. The van der Waals surface area contributed by atoms with Crippen LogP contribution < -0.4 is 5.30 Å². The highest BCUT2D eigenvalue weighted by molar-refractivity contribution is 9.38. The van der Waals surface area contributed by atoms with Gasteiger partial charge in [-0.3, -0.25) is 0 Å². The number of hydrogen-bond acceptors (Lipinski definition) is 1. The maximum absolute atomic E-state index is 10.7. The zero-order valence-corrected chi connectivity index (χ0v) is 7.26. The van der Waals surface area contributed by atoms with E-state index in [1.54, 1.807) is 0 Å². The van der Waals surface area contributed by atoms with Gasteiger partial charge >= 0.3 is 0 Å². The van der Waals surface area contributed by atoms with Gasteiger partial charge < -0.3 is 4.57 Å².